The summed E-state index contributed by atoms with van der Waals surface area (Å²) < 4.78 is 28.2. The molecule has 2 aliphatic carbocycles. The number of hydrogen-bond acceptors (Lipinski definition) is 2. The lowest BCUT2D eigenvalue weighted by atomic mass is 9.85. The van der Waals surface area contributed by atoms with Crippen molar-refractivity contribution in [2.45, 2.75) is 43.2 Å². The molecule has 0 radical (unpaired) electrons. The van der Waals surface area contributed by atoms with Crippen LogP contribution in [0.15, 0.2) is 48.5 Å². The average molecular weight is 372 g/mol. The molecule has 142 valence electrons. The first-order valence-electron chi connectivity index (χ1n) is 9.21. The first kappa shape index (κ1) is 17.9. The SMILES string of the molecule is N[C@@H]1[C@@H](N(CC2c3ccccc3-c3ccccc32)C(=O)O)CCCC1(F)F. The lowest BCUT2D eigenvalue weighted by molar-refractivity contribution is -0.0788. The van der Waals surface area contributed by atoms with E-state index in [0.29, 0.717) is 6.42 Å². The van der Waals surface area contributed by atoms with Crippen molar-refractivity contribution < 1.29 is 18.7 Å². The number of halogens is 2. The Morgan fingerprint density at radius 3 is 2.22 bits per heavy atom. The lowest BCUT2D eigenvalue weighted by Crippen LogP contribution is -2.60. The quantitative estimate of drug-likeness (QED) is 0.844. The number of carboxylic acid groups (broad SMARTS) is 1. The Kier molecular flexibility index (Phi) is 4.38. The van der Waals surface area contributed by atoms with E-state index in [1.807, 2.05) is 48.5 Å². The molecule has 1 amide bonds. The molecule has 6 heteroatoms. The number of benzene rings is 2. The van der Waals surface area contributed by atoms with Gasteiger partial charge in [0, 0.05) is 18.9 Å². The standard InChI is InChI=1S/C21H22F2N2O2/c22-21(23)11-5-10-18(19(21)24)25(20(26)27)12-17-15-8-3-1-6-13(15)14-7-2-4-9-16(14)17/h1-4,6-9,17-19H,5,10-12,24H2,(H,26,27)/t18-,19+/m0/s1. The van der Waals surface area contributed by atoms with Gasteiger partial charge in [0.1, 0.15) is 0 Å². The highest BCUT2D eigenvalue weighted by atomic mass is 19.3. The lowest BCUT2D eigenvalue weighted by Gasteiger charge is -2.41. The highest BCUT2D eigenvalue weighted by Gasteiger charge is 2.48. The molecule has 0 spiro atoms. The minimum Gasteiger partial charge on any atom is -0.465 e. The molecule has 0 saturated heterocycles. The molecule has 4 nitrogen and oxygen atoms in total. The number of carbonyl (C=O) groups is 1. The van der Waals surface area contributed by atoms with Crippen molar-refractivity contribution in [3.8, 4) is 11.1 Å². The molecule has 2 aromatic rings. The van der Waals surface area contributed by atoms with E-state index in [1.165, 1.54) is 0 Å². The van der Waals surface area contributed by atoms with Gasteiger partial charge in [0.25, 0.3) is 5.92 Å². The summed E-state index contributed by atoms with van der Waals surface area (Å²) in [6.07, 6.45) is -0.853. The van der Waals surface area contributed by atoms with E-state index in [1.54, 1.807) is 0 Å². The van der Waals surface area contributed by atoms with Crippen LogP contribution in [0.25, 0.3) is 11.1 Å². The van der Waals surface area contributed by atoms with Gasteiger partial charge < -0.3 is 15.7 Å². The van der Waals surface area contributed by atoms with Crippen molar-refractivity contribution >= 4 is 6.09 Å². The number of nitrogens with zero attached hydrogens (tertiary/aromatic N) is 1. The van der Waals surface area contributed by atoms with Crippen LogP contribution in [0.3, 0.4) is 0 Å². The summed E-state index contributed by atoms with van der Waals surface area (Å²) >= 11 is 0. The van der Waals surface area contributed by atoms with E-state index in [0.717, 1.165) is 27.2 Å². The van der Waals surface area contributed by atoms with Crippen LogP contribution in [0.4, 0.5) is 13.6 Å². The highest BCUT2D eigenvalue weighted by molar-refractivity contribution is 5.79. The largest absolute Gasteiger partial charge is 0.465 e. The van der Waals surface area contributed by atoms with Crippen LogP contribution in [0.2, 0.25) is 0 Å². The Balaban J connectivity index is 1.70. The van der Waals surface area contributed by atoms with E-state index >= 15 is 0 Å². The van der Waals surface area contributed by atoms with E-state index in [-0.39, 0.29) is 25.3 Å². The first-order chi connectivity index (χ1) is 12.9. The third kappa shape index (κ3) is 2.98. The van der Waals surface area contributed by atoms with Gasteiger partial charge in [-0.15, -0.1) is 0 Å². The number of nitrogens with two attached hydrogens (primary N) is 1. The third-order valence-corrected chi connectivity index (χ3v) is 5.90. The van der Waals surface area contributed by atoms with Gasteiger partial charge in [0.15, 0.2) is 0 Å². The molecule has 1 fully saturated rings. The molecule has 0 aromatic heterocycles. The Hall–Kier alpha value is -2.47. The van der Waals surface area contributed by atoms with Gasteiger partial charge in [-0.2, -0.15) is 0 Å². The molecule has 2 atom stereocenters. The van der Waals surface area contributed by atoms with E-state index < -0.39 is 24.1 Å². The maximum atomic E-state index is 14.1. The van der Waals surface area contributed by atoms with Crippen molar-refractivity contribution in [2.24, 2.45) is 5.73 Å². The summed E-state index contributed by atoms with van der Waals surface area (Å²) in [6.45, 7) is 0.123. The zero-order valence-electron chi connectivity index (χ0n) is 14.8. The van der Waals surface area contributed by atoms with Crippen molar-refractivity contribution in [2.75, 3.05) is 6.54 Å². The van der Waals surface area contributed by atoms with Gasteiger partial charge in [-0.25, -0.2) is 13.6 Å². The van der Waals surface area contributed by atoms with Crippen molar-refractivity contribution in [1.29, 1.82) is 0 Å². The maximum Gasteiger partial charge on any atom is 0.407 e. The minimum absolute atomic E-state index is 0.123. The number of rotatable bonds is 3. The van der Waals surface area contributed by atoms with Crippen LogP contribution < -0.4 is 5.73 Å². The van der Waals surface area contributed by atoms with Gasteiger partial charge in [0.2, 0.25) is 0 Å². The maximum absolute atomic E-state index is 14.1. The Morgan fingerprint density at radius 1 is 1.11 bits per heavy atom. The topological polar surface area (TPSA) is 66.6 Å². The van der Waals surface area contributed by atoms with Crippen molar-refractivity contribution in [3.05, 3.63) is 59.7 Å². The predicted octanol–water partition coefficient (Wildman–Crippen LogP) is 4.29. The summed E-state index contributed by atoms with van der Waals surface area (Å²) in [7, 11) is 0. The Bertz CT molecular complexity index is 825. The highest BCUT2D eigenvalue weighted by Crippen LogP contribution is 2.45. The van der Waals surface area contributed by atoms with Crippen LogP contribution in [0, 0.1) is 0 Å². The molecule has 0 bridgehead atoms. The summed E-state index contributed by atoms with van der Waals surface area (Å²) in [5.74, 6) is -3.22. The van der Waals surface area contributed by atoms with Crippen molar-refractivity contribution in [3.63, 3.8) is 0 Å². The van der Waals surface area contributed by atoms with Gasteiger partial charge in [0.05, 0.1) is 12.1 Å². The summed E-state index contributed by atoms with van der Waals surface area (Å²) in [6, 6.07) is 13.4. The van der Waals surface area contributed by atoms with Crippen LogP contribution in [0.1, 0.15) is 36.3 Å². The van der Waals surface area contributed by atoms with Gasteiger partial charge in [-0.1, -0.05) is 48.5 Å². The second kappa shape index (κ2) is 6.60. The molecule has 0 aliphatic heterocycles. The fourth-order valence-corrected chi connectivity index (χ4v) is 4.53. The summed E-state index contributed by atoms with van der Waals surface area (Å²) in [5.41, 5.74) is 10.0. The molecule has 0 unspecified atom stereocenters. The van der Waals surface area contributed by atoms with E-state index in [9.17, 15) is 18.7 Å². The zero-order valence-corrected chi connectivity index (χ0v) is 14.8. The van der Waals surface area contributed by atoms with Crippen molar-refractivity contribution in [1.82, 2.24) is 4.90 Å². The molecule has 3 N–H and O–H groups in total. The number of hydrogen-bond donors (Lipinski definition) is 2. The predicted molar refractivity (Wildman–Crippen MR) is 99.0 cm³/mol. The summed E-state index contributed by atoms with van der Waals surface area (Å²) in [4.78, 5) is 13.1. The molecule has 0 heterocycles. The smallest absolute Gasteiger partial charge is 0.407 e. The minimum atomic E-state index is -3.04. The fourth-order valence-electron chi connectivity index (χ4n) is 4.53. The second-order valence-corrected chi connectivity index (χ2v) is 7.41. The van der Waals surface area contributed by atoms with Gasteiger partial charge >= 0.3 is 6.09 Å². The zero-order chi connectivity index (χ0) is 19.2. The fraction of sp³-hybridized carbons (Fsp3) is 0.381. The Labute approximate surface area is 156 Å². The van der Waals surface area contributed by atoms with E-state index in [2.05, 4.69) is 0 Å². The molecule has 2 aliphatic rings. The van der Waals surface area contributed by atoms with Gasteiger partial charge in [-0.05, 0) is 35.1 Å². The molecular formula is C21H22F2N2O2. The van der Waals surface area contributed by atoms with Crippen LogP contribution in [-0.4, -0.2) is 40.7 Å². The summed E-state index contributed by atoms with van der Waals surface area (Å²) in [5, 5.41) is 9.80. The number of amides is 1. The van der Waals surface area contributed by atoms with Gasteiger partial charge in [-0.3, -0.25) is 0 Å². The average Bonchev–Trinajstić information content (AvgIpc) is 2.96. The number of alkyl halides is 2. The molecular weight excluding hydrogens is 350 g/mol. The molecule has 2 aromatic carbocycles. The van der Waals surface area contributed by atoms with Crippen LogP contribution in [0.5, 0.6) is 0 Å². The Morgan fingerprint density at radius 2 is 1.67 bits per heavy atom. The van der Waals surface area contributed by atoms with E-state index in [4.69, 9.17) is 5.73 Å². The first-order valence-corrected chi connectivity index (χ1v) is 9.21. The second-order valence-electron chi connectivity index (χ2n) is 7.41. The monoisotopic (exact) mass is 372 g/mol. The molecule has 27 heavy (non-hydrogen) atoms. The number of fused-ring (bicyclic) bond motifs is 3. The molecule has 1 saturated carbocycles. The third-order valence-electron chi connectivity index (χ3n) is 5.90. The van der Waals surface area contributed by atoms with Crippen LogP contribution >= 0.6 is 0 Å². The molecule has 4 rings (SSSR count). The van der Waals surface area contributed by atoms with Crippen LogP contribution in [-0.2, 0) is 0 Å². The normalized spacial score (nSPS) is 23.5.